The van der Waals surface area contributed by atoms with Gasteiger partial charge in [0, 0.05) is 24.8 Å². The second-order valence-electron chi connectivity index (χ2n) is 5.11. The Balaban J connectivity index is 1.75. The predicted octanol–water partition coefficient (Wildman–Crippen LogP) is 3.01. The normalized spacial score (nSPS) is 12.6. The Bertz CT molecular complexity index is 502. The minimum absolute atomic E-state index is 0.365. The highest BCUT2D eigenvalue weighted by Crippen LogP contribution is 2.15. The van der Waals surface area contributed by atoms with Crippen molar-refractivity contribution in [3.05, 3.63) is 53.3 Å². The van der Waals surface area contributed by atoms with Gasteiger partial charge in [-0.2, -0.15) is 5.10 Å². The Morgan fingerprint density at radius 1 is 1.26 bits per heavy atom. The fourth-order valence-electron chi connectivity index (χ4n) is 2.41. The van der Waals surface area contributed by atoms with Crippen molar-refractivity contribution in [3.63, 3.8) is 0 Å². The van der Waals surface area contributed by atoms with Gasteiger partial charge in [-0.15, -0.1) is 0 Å². The van der Waals surface area contributed by atoms with Crippen LogP contribution in [0, 0.1) is 6.92 Å². The van der Waals surface area contributed by atoms with Crippen LogP contribution < -0.4 is 5.32 Å². The molecule has 1 aromatic carbocycles. The molecule has 1 N–H and O–H groups in total. The molecule has 0 bridgehead atoms. The van der Waals surface area contributed by atoms with Crippen LogP contribution in [0.3, 0.4) is 0 Å². The molecule has 1 heterocycles. The molecular formula is C16H23N3. The third kappa shape index (κ3) is 3.93. The zero-order valence-corrected chi connectivity index (χ0v) is 12.1. The van der Waals surface area contributed by atoms with Crippen molar-refractivity contribution in [3.8, 4) is 0 Å². The monoisotopic (exact) mass is 257 g/mol. The summed E-state index contributed by atoms with van der Waals surface area (Å²) in [7, 11) is 1.97. The summed E-state index contributed by atoms with van der Waals surface area (Å²) in [5.41, 5.74) is 3.82. The summed E-state index contributed by atoms with van der Waals surface area (Å²) in [6, 6.07) is 11.0. The van der Waals surface area contributed by atoms with E-state index in [1.54, 1.807) is 0 Å². The quantitative estimate of drug-likeness (QED) is 0.806. The first-order valence-corrected chi connectivity index (χ1v) is 6.94. The minimum atomic E-state index is 0.365. The van der Waals surface area contributed by atoms with Gasteiger partial charge in [0.05, 0.1) is 5.69 Å². The van der Waals surface area contributed by atoms with Crippen molar-refractivity contribution in [1.82, 2.24) is 15.1 Å². The number of nitrogens with one attached hydrogen (secondary N) is 1. The molecule has 1 atom stereocenters. The number of nitrogens with zero attached hydrogens (tertiary/aromatic N) is 2. The molecule has 0 aliphatic heterocycles. The average molecular weight is 257 g/mol. The van der Waals surface area contributed by atoms with Crippen LogP contribution in [0.1, 0.15) is 36.2 Å². The van der Waals surface area contributed by atoms with Crippen molar-refractivity contribution >= 4 is 0 Å². The van der Waals surface area contributed by atoms with E-state index in [0.717, 1.165) is 25.1 Å². The number of rotatable bonds is 6. The Kier molecular flexibility index (Phi) is 4.74. The molecule has 19 heavy (non-hydrogen) atoms. The molecule has 3 nitrogen and oxygen atoms in total. The van der Waals surface area contributed by atoms with Crippen LogP contribution in [-0.4, -0.2) is 16.3 Å². The molecule has 0 saturated carbocycles. The predicted molar refractivity (Wildman–Crippen MR) is 79.1 cm³/mol. The van der Waals surface area contributed by atoms with Crippen LogP contribution >= 0.6 is 0 Å². The first-order valence-electron chi connectivity index (χ1n) is 6.94. The molecule has 0 radical (unpaired) electrons. The molecule has 0 fully saturated rings. The summed E-state index contributed by atoms with van der Waals surface area (Å²) in [6.07, 6.45) is 4.39. The molecular weight excluding hydrogens is 234 g/mol. The van der Waals surface area contributed by atoms with E-state index in [1.165, 1.54) is 11.1 Å². The number of aryl methyl sites for hydroxylation is 3. The zero-order valence-electron chi connectivity index (χ0n) is 12.1. The zero-order chi connectivity index (χ0) is 13.7. The van der Waals surface area contributed by atoms with Crippen molar-refractivity contribution in [2.75, 3.05) is 6.54 Å². The molecule has 0 saturated heterocycles. The highest BCUT2D eigenvalue weighted by molar-refractivity contribution is 5.19. The number of benzene rings is 1. The van der Waals surface area contributed by atoms with E-state index in [4.69, 9.17) is 0 Å². The van der Waals surface area contributed by atoms with Crippen molar-refractivity contribution in [2.24, 2.45) is 7.05 Å². The lowest BCUT2D eigenvalue weighted by Gasteiger charge is -2.13. The number of hydrogen-bond acceptors (Lipinski definition) is 2. The smallest absolute Gasteiger partial charge is 0.0641 e. The van der Waals surface area contributed by atoms with Gasteiger partial charge in [-0.1, -0.05) is 30.3 Å². The third-order valence-corrected chi connectivity index (χ3v) is 3.45. The lowest BCUT2D eigenvalue weighted by Crippen LogP contribution is -2.20. The van der Waals surface area contributed by atoms with Crippen LogP contribution in [-0.2, 0) is 13.5 Å². The van der Waals surface area contributed by atoms with E-state index < -0.39 is 0 Å². The van der Waals surface area contributed by atoms with Gasteiger partial charge in [0.25, 0.3) is 0 Å². The van der Waals surface area contributed by atoms with E-state index in [-0.39, 0.29) is 0 Å². The van der Waals surface area contributed by atoms with Gasteiger partial charge < -0.3 is 5.32 Å². The summed E-state index contributed by atoms with van der Waals surface area (Å²) >= 11 is 0. The Hall–Kier alpha value is -1.61. The van der Waals surface area contributed by atoms with E-state index in [0.29, 0.717) is 6.04 Å². The summed E-state index contributed by atoms with van der Waals surface area (Å²) < 4.78 is 1.88. The van der Waals surface area contributed by atoms with Crippen LogP contribution in [0.25, 0.3) is 0 Å². The molecule has 3 heteroatoms. The maximum absolute atomic E-state index is 4.38. The Morgan fingerprint density at radius 2 is 2.00 bits per heavy atom. The third-order valence-electron chi connectivity index (χ3n) is 3.45. The minimum Gasteiger partial charge on any atom is -0.310 e. The van der Waals surface area contributed by atoms with Crippen LogP contribution in [0.4, 0.5) is 0 Å². The van der Waals surface area contributed by atoms with Crippen LogP contribution in [0.5, 0.6) is 0 Å². The van der Waals surface area contributed by atoms with E-state index in [1.807, 2.05) is 11.7 Å². The number of hydrogen-bond donors (Lipinski definition) is 1. The van der Waals surface area contributed by atoms with Gasteiger partial charge in [-0.05, 0) is 38.8 Å². The van der Waals surface area contributed by atoms with Crippen molar-refractivity contribution < 1.29 is 0 Å². The average Bonchev–Trinajstić information content (AvgIpc) is 2.75. The SMILES string of the molecule is Cc1nn(C)cc1C(C)NCCCc1ccccc1. The molecule has 2 rings (SSSR count). The van der Waals surface area contributed by atoms with Crippen LogP contribution in [0.15, 0.2) is 36.5 Å². The van der Waals surface area contributed by atoms with Gasteiger partial charge in [-0.25, -0.2) is 0 Å². The largest absolute Gasteiger partial charge is 0.310 e. The Morgan fingerprint density at radius 3 is 2.63 bits per heavy atom. The highest BCUT2D eigenvalue weighted by atomic mass is 15.3. The molecule has 0 aliphatic carbocycles. The van der Waals surface area contributed by atoms with Crippen molar-refractivity contribution in [2.45, 2.75) is 32.7 Å². The van der Waals surface area contributed by atoms with Gasteiger partial charge in [0.1, 0.15) is 0 Å². The Labute approximate surface area is 115 Å². The molecule has 1 unspecified atom stereocenters. The fourth-order valence-corrected chi connectivity index (χ4v) is 2.41. The fraction of sp³-hybridized carbons (Fsp3) is 0.438. The first-order chi connectivity index (χ1) is 9.16. The molecule has 0 spiro atoms. The lowest BCUT2D eigenvalue weighted by atomic mass is 10.1. The lowest BCUT2D eigenvalue weighted by molar-refractivity contribution is 0.556. The van der Waals surface area contributed by atoms with Gasteiger partial charge >= 0.3 is 0 Å². The van der Waals surface area contributed by atoms with E-state index >= 15 is 0 Å². The summed E-state index contributed by atoms with van der Waals surface area (Å²) in [6.45, 7) is 5.30. The summed E-state index contributed by atoms with van der Waals surface area (Å²) in [5, 5.41) is 7.95. The molecule has 1 aromatic heterocycles. The molecule has 0 amide bonds. The highest BCUT2D eigenvalue weighted by Gasteiger charge is 2.10. The second-order valence-corrected chi connectivity index (χ2v) is 5.11. The first kappa shape index (κ1) is 13.8. The van der Waals surface area contributed by atoms with E-state index in [9.17, 15) is 0 Å². The van der Waals surface area contributed by atoms with Crippen LogP contribution in [0.2, 0.25) is 0 Å². The maximum atomic E-state index is 4.38. The molecule has 2 aromatic rings. The summed E-state index contributed by atoms with van der Waals surface area (Å²) in [5.74, 6) is 0. The summed E-state index contributed by atoms with van der Waals surface area (Å²) in [4.78, 5) is 0. The molecule has 102 valence electrons. The van der Waals surface area contributed by atoms with Gasteiger partial charge in [0.15, 0.2) is 0 Å². The van der Waals surface area contributed by atoms with Gasteiger partial charge in [0.2, 0.25) is 0 Å². The van der Waals surface area contributed by atoms with E-state index in [2.05, 4.69) is 60.8 Å². The maximum Gasteiger partial charge on any atom is 0.0641 e. The van der Waals surface area contributed by atoms with Crippen molar-refractivity contribution in [1.29, 1.82) is 0 Å². The second kappa shape index (κ2) is 6.53. The molecule has 0 aliphatic rings. The van der Waals surface area contributed by atoms with Gasteiger partial charge in [-0.3, -0.25) is 4.68 Å². The number of aromatic nitrogens is 2. The standard InChI is InChI=1S/C16H23N3/c1-13(16-12-19(3)18-14(16)2)17-11-7-10-15-8-5-4-6-9-15/h4-6,8-9,12-13,17H,7,10-11H2,1-3H3. The topological polar surface area (TPSA) is 29.9 Å².